The van der Waals surface area contributed by atoms with Crippen molar-refractivity contribution in [3.63, 3.8) is 0 Å². The number of pyridine rings is 1. The average Bonchev–Trinajstić information content (AvgIpc) is 2.39. The Hall–Kier alpha value is -2.87. The molecule has 1 heterocycles. The van der Waals surface area contributed by atoms with Crippen LogP contribution in [0.2, 0.25) is 0 Å². The van der Waals surface area contributed by atoms with Crippen LogP contribution in [-0.2, 0) is 0 Å². The van der Waals surface area contributed by atoms with Gasteiger partial charge in [-0.05, 0) is 49.7 Å². The van der Waals surface area contributed by atoms with Crippen LogP contribution in [0.4, 0.5) is 11.5 Å². The number of aryl methyl sites for hydroxylation is 2. The molecule has 2 N–H and O–H groups in total. The Kier molecular flexibility index (Phi) is 3.67. The fourth-order valence-corrected chi connectivity index (χ4v) is 1.90. The number of carboxylic acids is 1. The van der Waals surface area contributed by atoms with Gasteiger partial charge in [-0.1, -0.05) is 0 Å². The number of nitrogens with zero attached hydrogens (tertiary/aromatic N) is 2. The largest absolute Gasteiger partial charge is 0.478 e. The van der Waals surface area contributed by atoms with Crippen molar-refractivity contribution >= 4 is 17.5 Å². The zero-order valence-electron chi connectivity index (χ0n) is 11.1. The van der Waals surface area contributed by atoms with Gasteiger partial charge in [0, 0.05) is 11.4 Å². The van der Waals surface area contributed by atoms with Crippen LogP contribution in [0.15, 0.2) is 30.3 Å². The Morgan fingerprint density at radius 1 is 1.30 bits per heavy atom. The topological polar surface area (TPSA) is 86.0 Å². The fourth-order valence-electron chi connectivity index (χ4n) is 1.90. The summed E-state index contributed by atoms with van der Waals surface area (Å²) in [6, 6.07) is 10.3. The lowest BCUT2D eigenvalue weighted by Gasteiger charge is -2.10. The van der Waals surface area contributed by atoms with Crippen molar-refractivity contribution in [1.82, 2.24) is 4.98 Å². The highest BCUT2D eigenvalue weighted by Crippen LogP contribution is 2.22. The van der Waals surface area contributed by atoms with Gasteiger partial charge >= 0.3 is 5.97 Å². The number of anilines is 2. The Morgan fingerprint density at radius 2 is 1.95 bits per heavy atom. The second-order valence-electron chi connectivity index (χ2n) is 4.42. The minimum Gasteiger partial charge on any atom is -0.478 e. The summed E-state index contributed by atoms with van der Waals surface area (Å²) in [5.41, 5.74) is 3.04. The van der Waals surface area contributed by atoms with Gasteiger partial charge in [0.25, 0.3) is 0 Å². The summed E-state index contributed by atoms with van der Waals surface area (Å²) in [5, 5.41) is 21.1. The highest BCUT2D eigenvalue weighted by Gasteiger charge is 2.09. The number of carbonyl (C=O) groups is 1. The van der Waals surface area contributed by atoms with Crippen molar-refractivity contribution in [2.45, 2.75) is 13.8 Å². The number of hydrogen-bond acceptors (Lipinski definition) is 4. The monoisotopic (exact) mass is 267 g/mol. The van der Waals surface area contributed by atoms with Crippen molar-refractivity contribution in [2.75, 3.05) is 5.32 Å². The Balaban J connectivity index is 2.35. The fraction of sp³-hybridized carbons (Fsp3) is 0.133. The number of aromatic carboxylic acids is 1. The van der Waals surface area contributed by atoms with E-state index in [1.54, 1.807) is 12.1 Å². The molecular formula is C15H13N3O2. The van der Waals surface area contributed by atoms with Gasteiger partial charge in [0.15, 0.2) is 0 Å². The van der Waals surface area contributed by atoms with Crippen LogP contribution in [0, 0.1) is 25.2 Å². The molecule has 0 spiro atoms. The Morgan fingerprint density at radius 3 is 2.50 bits per heavy atom. The van der Waals surface area contributed by atoms with E-state index in [0.717, 1.165) is 11.3 Å². The molecule has 0 radical (unpaired) electrons. The summed E-state index contributed by atoms with van der Waals surface area (Å²) in [7, 11) is 0. The van der Waals surface area contributed by atoms with Gasteiger partial charge in [-0.15, -0.1) is 0 Å². The minimum absolute atomic E-state index is 0.212. The highest BCUT2D eigenvalue weighted by atomic mass is 16.4. The maximum Gasteiger partial charge on any atom is 0.335 e. The number of nitriles is 1. The first-order valence-corrected chi connectivity index (χ1v) is 6.00. The predicted molar refractivity (Wildman–Crippen MR) is 75.1 cm³/mol. The van der Waals surface area contributed by atoms with Gasteiger partial charge in [0.1, 0.15) is 11.9 Å². The summed E-state index contributed by atoms with van der Waals surface area (Å²) in [6.07, 6.45) is 0. The highest BCUT2D eigenvalue weighted by molar-refractivity contribution is 5.88. The molecule has 5 nitrogen and oxygen atoms in total. The van der Waals surface area contributed by atoms with Gasteiger partial charge in [-0.2, -0.15) is 5.26 Å². The van der Waals surface area contributed by atoms with Crippen molar-refractivity contribution in [1.29, 1.82) is 5.26 Å². The summed E-state index contributed by atoms with van der Waals surface area (Å²) in [4.78, 5) is 15.1. The molecule has 5 heteroatoms. The maximum atomic E-state index is 10.8. The number of nitrogens with one attached hydrogen (secondary N) is 1. The molecule has 2 aromatic rings. The van der Waals surface area contributed by atoms with Crippen LogP contribution in [0.5, 0.6) is 0 Å². The van der Waals surface area contributed by atoms with Crippen molar-refractivity contribution in [2.24, 2.45) is 0 Å². The van der Waals surface area contributed by atoms with Crippen molar-refractivity contribution in [3.05, 3.63) is 52.7 Å². The van der Waals surface area contributed by atoms with Crippen LogP contribution in [0.3, 0.4) is 0 Å². The van der Waals surface area contributed by atoms with Crippen LogP contribution >= 0.6 is 0 Å². The first-order chi connectivity index (χ1) is 9.51. The van der Waals surface area contributed by atoms with E-state index in [1.807, 2.05) is 19.9 Å². The molecular weight excluding hydrogens is 254 g/mol. The van der Waals surface area contributed by atoms with E-state index in [1.165, 1.54) is 12.1 Å². The summed E-state index contributed by atoms with van der Waals surface area (Å²) in [6.45, 7) is 3.71. The average molecular weight is 267 g/mol. The second kappa shape index (κ2) is 5.41. The molecule has 1 aromatic heterocycles. The molecule has 20 heavy (non-hydrogen) atoms. The molecule has 0 aliphatic carbocycles. The van der Waals surface area contributed by atoms with Crippen LogP contribution in [0.1, 0.15) is 27.2 Å². The lowest BCUT2D eigenvalue weighted by molar-refractivity contribution is 0.0697. The molecule has 0 aliphatic rings. The van der Waals surface area contributed by atoms with Crippen LogP contribution < -0.4 is 5.32 Å². The van der Waals surface area contributed by atoms with Crippen molar-refractivity contribution in [3.8, 4) is 6.07 Å². The van der Waals surface area contributed by atoms with E-state index in [-0.39, 0.29) is 5.56 Å². The third-order valence-electron chi connectivity index (χ3n) is 2.85. The lowest BCUT2D eigenvalue weighted by atomic mass is 10.1. The quantitative estimate of drug-likeness (QED) is 0.892. The normalized spacial score (nSPS) is 9.85. The van der Waals surface area contributed by atoms with Crippen LogP contribution in [-0.4, -0.2) is 16.1 Å². The minimum atomic E-state index is -0.973. The SMILES string of the molecule is Cc1cc(C)c(C#N)c(Nc2ccc(C(=O)O)cc2)n1. The zero-order valence-corrected chi connectivity index (χ0v) is 11.1. The van der Waals surface area contributed by atoms with Gasteiger partial charge < -0.3 is 10.4 Å². The molecule has 0 amide bonds. The predicted octanol–water partition coefficient (Wildman–Crippen LogP) is 3.01. The molecule has 0 atom stereocenters. The van der Waals surface area contributed by atoms with E-state index in [9.17, 15) is 10.1 Å². The molecule has 0 fully saturated rings. The first-order valence-electron chi connectivity index (χ1n) is 6.00. The summed E-state index contributed by atoms with van der Waals surface area (Å²) in [5.74, 6) is -0.494. The standard InChI is InChI=1S/C15H13N3O2/c1-9-7-10(2)17-14(13(9)8-16)18-12-5-3-11(4-6-12)15(19)20/h3-7H,1-2H3,(H,17,18)(H,19,20). The smallest absolute Gasteiger partial charge is 0.335 e. The maximum absolute atomic E-state index is 10.8. The molecule has 0 aliphatic heterocycles. The third kappa shape index (κ3) is 2.75. The number of rotatable bonds is 3. The Bertz CT molecular complexity index is 700. The van der Waals surface area contributed by atoms with Crippen molar-refractivity contribution < 1.29 is 9.90 Å². The Labute approximate surface area is 116 Å². The number of hydrogen-bond donors (Lipinski definition) is 2. The lowest BCUT2D eigenvalue weighted by Crippen LogP contribution is -2.01. The molecule has 0 saturated carbocycles. The number of benzene rings is 1. The van der Waals surface area contributed by atoms with E-state index < -0.39 is 5.97 Å². The van der Waals surface area contributed by atoms with E-state index in [4.69, 9.17) is 5.11 Å². The van der Waals surface area contributed by atoms with E-state index >= 15 is 0 Å². The second-order valence-corrected chi connectivity index (χ2v) is 4.42. The molecule has 0 bridgehead atoms. The van der Waals surface area contributed by atoms with Gasteiger partial charge in [-0.3, -0.25) is 0 Å². The summed E-state index contributed by atoms with van der Waals surface area (Å²) >= 11 is 0. The van der Waals surface area contributed by atoms with Crippen LogP contribution in [0.25, 0.3) is 0 Å². The number of aromatic nitrogens is 1. The molecule has 0 unspecified atom stereocenters. The van der Waals surface area contributed by atoms with E-state index in [0.29, 0.717) is 17.1 Å². The van der Waals surface area contributed by atoms with Gasteiger partial charge in [-0.25, -0.2) is 9.78 Å². The first kappa shape index (κ1) is 13.6. The molecule has 0 saturated heterocycles. The number of carboxylic acid groups (broad SMARTS) is 1. The molecule has 100 valence electrons. The zero-order chi connectivity index (χ0) is 14.7. The van der Waals surface area contributed by atoms with E-state index in [2.05, 4.69) is 16.4 Å². The molecule has 2 rings (SSSR count). The summed E-state index contributed by atoms with van der Waals surface area (Å²) < 4.78 is 0. The molecule has 1 aromatic carbocycles. The van der Waals surface area contributed by atoms with Gasteiger partial charge in [0.2, 0.25) is 0 Å². The van der Waals surface area contributed by atoms with Gasteiger partial charge in [0.05, 0.1) is 11.1 Å². The third-order valence-corrected chi connectivity index (χ3v) is 2.85.